The van der Waals surface area contributed by atoms with Crippen LogP contribution in [0.3, 0.4) is 0 Å². The third kappa shape index (κ3) is 8.89. The molecule has 0 bridgehead atoms. The summed E-state index contributed by atoms with van der Waals surface area (Å²) in [7, 11) is 3.29. The number of methoxy groups -OCH3 is 1. The standard InChI is InChI=1S/C21H34N4O4S/c1-17(30-16-20(26)22-2)4-5-21(27)25-10-8-24(9-11-25)12-13-29-19-6-7-23-18(14-19)15-28-3/h6-7,14,17H,4-5,8-13,15-16H2,1-3H3,(H,22,26). The quantitative estimate of drug-likeness (QED) is 0.528. The molecular weight excluding hydrogens is 404 g/mol. The molecule has 0 saturated carbocycles. The summed E-state index contributed by atoms with van der Waals surface area (Å²) in [5, 5.41) is 2.91. The van der Waals surface area contributed by atoms with E-state index >= 15 is 0 Å². The Kier molecular flexibility index (Phi) is 11.0. The van der Waals surface area contributed by atoms with Crippen LogP contribution in [0.5, 0.6) is 5.75 Å². The smallest absolute Gasteiger partial charge is 0.229 e. The summed E-state index contributed by atoms with van der Waals surface area (Å²) in [5.74, 6) is 1.48. The van der Waals surface area contributed by atoms with Gasteiger partial charge in [-0.05, 0) is 12.5 Å². The molecule has 168 valence electrons. The second-order valence-corrected chi connectivity index (χ2v) is 8.75. The highest BCUT2D eigenvalue weighted by Crippen LogP contribution is 2.17. The predicted octanol–water partition coefficient (Wildman–Crippen LogP) is 1.40. The van der Waals surface area contributed by atoms with Gasteiger partial charge < -0.3 is 19.7 Å². The minimum absolute atomic E-state index is 0.0256. The number of piperazine rings is 1. The number of ether oxygens (including phenoxy) is 2. The average molecular weight is 439 g/mol. The van der Waals surface area contributed by atoms with E-state index in [1.54, 1.807) is 32.1 Å². The van der Waals surface area contributed by atoms with E-state index in [1.807, 2.05) is 17.0 Å². The van der Waals surface area contributed by atoms with E-state index in [2.05, 4.69) is 22.1 Å². The van der Waals surface area contributed by atoms with Gasteiger partial charge in [-0.3, -0.25) is 19.5 Å². The van der Waals surface area contributed by atoms with Crippen LogP contribution in [-0.2, 0) is 20.9 Å². The van der Waals surface area contributed by atoms with E-state index in [4.69, 9.17) is 9.47 Å². The van der Waals surface area contributed by atoms with Gasteiger partial charge in [-0.25, -0.2) is 0 Å². The molecule has 1 aliphatic heterocycles. The molecule has 1 fully saturated rings. The number of hydrogen-bond donors (Lipinski definition) is 1. The van der Waals surface area contributed by atoms with Crippen LogP contribution in [0.2, 0.25) is 0 Å². The lowest BCUT2D eigenvalue weighted by Crippen LogP contribution is -2.49. The first-order valence-corrected chi connectivity index (χ1v) is 11.5. The Hall–Kier alpha value is -1.84. The molecule has 1 N–H and O–H groups in total. The fraction of sp³-hybridized carbons (Fsp3) is 0.667. The zero-order valence-corrected chi connectivity index (χ0v) is 19.1. The van der Waals surface area contributed by atoms with Gasteiger partial charge in [0, 0.05) is 70.8 Å². The van der Waals surface area contributed by atoms with E-state index in [0.717, 1.165) is 50.6 Å². The minimum Gasteiger partial charge on any atom is -0.492 e. The summed E-state index contributed by atoms with van der Waals surface area (Å²) >= 11 is 1.59. The van der Waals surface area contributed by atoms with Gasteiger partial charge in [0.25, 0.3) is 0 Å². The summed E-state index contributed by atoms with van der Waals surface area (Å²) in [6.45, 7) is 7.21. The summed E-state index contributed by atoms with van der Waals surface area (Å²) < 4.78 is 10.9. The van der Waals surface area contributed by atoms with Crippen LogP contribution in [-0.4, -0.2) is 91.1 Å². The van der Waals surface area contributed by atoms with Crippen molar-refractivity contribution in [2.75, 3.05) is 59.2 Å². The van der Waals surface area contributed by atoms with Crippen molar-refractivity contribution in [2.45, 2.75) is 31.6 Å². The molecule has 1 unspecified atom stereocenters. The number of carbonyl (C=O) groups excluding carboxylic acids is 2. The molecule has 0 radical (unpaired) electrons. The van der Waals surface area contributed by atoms with Crippen LogP contribution >= 0.6 is 11.8 Å². The molecule has 0 aromatic carbocycles. The van der Waals surface area contributed by atoms with Gasteiger partial charge in [-0.1, -0.05) is 6.92 Å². The van der Waals surface area contributed by atoms with Crippen molar-refractivity contribution in [1.82, 2.24) is 20.1 Å². The van der Waals surface area contributed by atoms with Crippen molar-refractivity contribution in [3.63, 3.8) is 0 Å². The third-order valence-electron chi connectivity index (χ3n) is 5.02. The largest absolute Gasteiger partial charge is 0.492 e. The molecule has 9 heteroatoms. The summed E-state index contributed by atoms with van der Waals surface area (Å²) in [6.07, 6.45) is 3.06. The zero-order chi connectivity index (χ0) is 21.8. The normalized spacial score (nSPS) is 15.6. The van der Waals surface area contributed by atoms with Crippen LogP contribution in [0.4, 0.5) is 0 Å². The molecule has 30 heavy (non-hydrogen) atoms. The van der Waals surface area contributed by atoms with Gasteiger partial charge in [0.2, 0.25) is 11.8 Å². The van der Waals surface area contributed by atoms with E-state index in [9.17, 15) is 9.59 Å². The average Bonchev–Trinajstić information content (AvgIpc) is 2.76. The number of hydrogen-bond acceptors (Lipinski definition) is 7. The predicted molar refractivity (Wildman–Crippen MR) is 119 cm³/mol. The molecule has 1 atom stereocenters. The van der Waals surface area contributed by atoms with Crippen LogP contribution in [0.25, 0.3) is 0 Å². The number of nitrogens with one attached hydrogen (secondary N) is 1. The molecule has 2 rings (SSSR count). The number of pyridine rings is 1. The highest BCUT2D eigenvalue weighted by Gasteiger charge is 2.21. The van der Waals surface area contributed by atoms with Crippen molar-refractivity contribution in [1.29, 1.82) is 0 Å². The van der Waals surface area contributed by atoms with Crippen molar-refractivity contribution in [3.8, 4) is 5.75 Å². The zero-order valence-electron chi connectivity index (χ0n) is 18.3. The molecule has 1 aliphatic rings. The Morgan fingerprint density at radius 2 is 2.07 bits per heavy atom. The Balaban J connectivity index is 1.60. The summed E-state index contributed by atoms with van der Waals surface area (Å²) in [6, 6.07) is 3.75. The van der Waals surface area contributed by atoms with Crippen molar-refractivity contribution < 1.29 is 19.1 Å². The van der Waals surface area contributed by atoms with E-state index in [-0.39, 0.29) is 11.8 Å². The highest BCUT2D eigenvalue weighted by atomic mass is 32.2. The number of aromatic nitrogens is 1. The fourth-order valence-corrected chi connectivity index (χ4v) is 4.01. The van der Waals surface area contributed by atoms with Gasteiger partial charge in [-0.2, -0.15) is 0 Å². The second-order valence-electron chi connectivity index (χ2n) is 7.32. The Morgan fingerprint density at radius 3 is 2.77 bits per heavy atom. The number of amides is 2. The molecule has 0 aliphatic carbocycles. The van der Waals surface area contributed by atoms with E-state index < -0.39 is 0 Å². The van der Waals surface area contributed by atoms with Crippen LogP contribution in [0, 0.1) is 0 Å². The van der Waals surface area contributed by atoms with Gasteiger partial charge >= 0.3 is 0 Å². The lowest BCUT2D eigenvalue weighted by Gasteiger charge is -2.34. The maximum Gasteiger partial charge on any atom is 0.229 e. The lowest BCUT2D eigenvalue weighted by atomic mass is 10.2. The van der Waals surface area contributed by atoms with Gasteiger partial charge in [0.15, 0.2) is 0 Å². The molecular formula is C21H34N4O4S. The van der Waals surface area contributed by atoms with Crippen molar-refractivity contribution >= 4 is 23.6 Å². The Morgan fingerprint density at radius 1 is 1.30 bits per heavy atom. The monoisotopic (exact) mass is 438 g/mol. The Labute approximate surface area is 183 Å². The summed E-state index contributed by atoms with van der Waals surface area (Å²) in [4.78, 5) is 32.3. The first-order valence-electron chi connectivity index (χ1n) is 10.4. The first kappa shape index (κ1) is 24.4. The van der Waals surface area contributed by atoms with Gasteiger partial charge in [0.05, 0.1) is 18.1 Å². The van der Waals surface area contributed by atoms with Crippen LogP contribution in [0.1, 0.15) is 25.5 Å². The first-order chi connectivity index (χ1) is 14.5. The number of rotatable bonds is 12. The van der Waals surface area contributed by atoms with Gasteiger partial charge in [-0.15, -0.1) is 11.8 Å². The molecule has 0 spiro atoms. The second kappa shape index (κ2) is 13.5. The van der Waals surface area contributed by atoms with E-state index in [1.165, 1.54) is 0 Å². The molecule has 1 aromatic heterocycles. The molecule has 1 aromatic rings. The van der Waals surface area contributed by atoms with E-state index in [0.29, 0.717) is 30.6 Å². The molecule has 2 heterocycles. The molecule has 2 amide bonds. The van der Waals surface area contributed by atoms with Crippen molar-refractivity contribution in [2.24, 2.45) is 0 Å². The molecule has 8 nitrogen and oxygen atoms in total. The van der Waals surface area contributed by atoms with Gasteiger partial charge in [0.1, 0.15) is 12.4 Å². The van der Waals surface area contributed by atoms with Crippen LogP contribution in [0.15, 0.2) is 18.3 Å². The third-order valence-corrected chi connectivity index (χ3v) is 6.26. The maximum atomic E-state index is 12.5. The number of thioether (sulfide) groups is 1. The summed E-state index contributed by atoms with van der Waals surface area (Å²) in [5.41, 5.74) is 0.850. The minimum atomic E-state index is 0.0256. The molecule has 1 saturated heterocycles. The van der Waals surface area contributed by atoms with Crippen LogP contribution < -0.4 is 10.1 Å². The fourth-order valence-electron chi connectivity index (χ4n) is 3.14. The number of nitrogens with zero attached hydrogens (tertiary/aromatic N) is 3. The topological polar surface area (TPSA) is 84.0 Å². The number of carbonyl (C=O) groups is 2. The lowest BCUT2D eigenvalue weighted by molar-refractivity contribution is -0.133. The maximum absolute atomic E-state index is 12.5. The Bertz CT molecular complexity index is 668. The van der Waals surface area contributed by atoms with Crippen molar-refractivity contribution in [3.05, 3.63) is 24.0 Å². The highest BCUT2D eigenvalue weighted by molar-refractivity contribution is 8.00. The SMILES string of the molecule is CNC(=O)CSC(C)CCC(=O)N1CCN(CCOc2ccnc(COC)c2)CC1.